The first-order valence-electron chi connectivity index (χ1n) is 9.58. The minimum Gasteiger partial charge on any atom is -0.490 e. The zero-order chi connectivity index (χ0) is 20.6. The highest BCUT2D eigenvalue weighted by atomic mass is 35.5. The van der Waals surface area contributed by atoms with Gasteiger partial charge in [0.1, 0.15) is 0 Å². The van der Waals surface area contributed by atoms with E-state index in [0.29, 0.717) is 60.1 Å². The lowest BCUT2D eigenvalue weighted by Crippen LogP contribution is -2.08. The van der Waals surface area contributed by atoms with Crippen LogP contribution in [0, 0.1) is 0 Å². The predicted molar refractivity (Wildman–Crippen MR) is 114 cm³/mol. The molecule has 0 unspecified atom stereocenters. The summed E-state index contributed by atoms with van der Waals surface area (Å²) in [6.45, 7) is 5.97. The quantitative estimate of drug-likeness (QED) is 0.645. The molecule has 3 rings (SSSR count). The summed E-state index contributed by atoms with van der Waals surface area (Å²) in [5.74, 6) is 2.09. The minimum absolute atomic E-state index is 0.278. The molecule has 0 aliphatic carbocycles. The first-order valence-corrected chi connectivity index (χ1v) is 9.96. The third-order valence-electron chi connectivity index (χ3n) is 4.06. The lowest BCUT2D eigenvalue weighted by atomic mass is 10.2. The van der Waals surface area contributed by atoms with Gasteiger partial charge < -0.3 is 24.3 Å². The van der Waals surface area contributed by atoms with Gasteiger partial charge >= 0.3 is 0 Å². The number of anilines is 1. The summed E-state index contributed by atoms with van der Waals surface area (Å²) in [5.41, 5.74) is 1.36. The second kappa shape index (κ2) is 10.1. The van der Waals surface area contributed by atoms with Gasteiger partial charge in [0.15, 0.2) is 23.0 Å². The van der Waals surface area contributed by atoms with Gasteiger partial charge in [-0.2, -0.15) is 0 Å². The van der Waals surface area contributed by atoms with Gasteiger partial charge in [0, 0.05) is 24.3 Å². The maximum atomic E-state index is 12.3. The first kappa shape index (κ1) is 20.9. The molecule has 7 heteroatoms. The van der Waals surface area contributed by atoms with Gasteiger partial charge in [-0.25, -0.2) is 0 Å². The molecule has 1 aliphatic rings. The van der Waals surface area contributed by atoms with E-state index in [1.54, 1.807) is 36.4 Å². The second-order valence-electron chi connectivity index (χ2n) is 6.23. The van der Waals surface area contributed by atoms with Gasteiger partial charge in [0.05, 0.1) is 31.5 Å². The van der Waals surface area contributed by atoms with Gasteiger partial charge in [-0.05, 0) is 49.8 Å². The molecule has 2 aromatic rings. The average Bonchev–Trinajstić information content (AvgIpc) is 2.95. The van der Waals surface area contributed by atoms with Crippen molar-refractivity contribution in [1.29, 1.82) is 0 Å². The Labute approximate surface area is 175 Å². The van der Waals surface area contributed by atoms with Gasteiger partial charge in [-0.3, -0.25) is 4.79 Å². The number of carbonyl (C=O) groups is 1. The topological polar surface area (TPSA) is 66.0 Å². The molecular weight excluding hydrogens is 394 g/mol. The van der Waals surface area contributed by atoms with Crippen molar-refractivity contribution in [1.82, 2.24) is 0 Å². The zero-order valence-electron chi connectivity index (χ0n) is 16.5. The van der Waals surface area contributed by atoms with Gasteiger partial charge in [-0.15, -0.1) is 0 Å². The van der Waals surface area contributed by atoms with E-state index in [4.69, 9.17) is 30.5 Å². The Kier molecular flexibility index (Phi) is 7.25. The molecule has 0 atom stereocenters. The lowest BCUT2D eigenvalue weighted by Gasteiger charge is -2.12. The summed E-state index contributed by atoms with van der Waals surface area (Å²) in [6.07, 6.45) is 3.91. The molecule has 0 aromatic heterocycles. The van der Waals surface area contributed by atoms with Crippen LogP contribution >= 0.6 is 11.6 Å². The molecule has 0 fully saturated rings. The molecule has 0 radical (unpaired) electrons. The average molecular weight is 418 g/mol. The molecule has 0 spiro atoms. The third kappa shape index (κ3) is 5.57. The zero-order valence-corrected chi connectivity index (χ0v) is 17.3. The molecule has 1 heterocycles. The predicted octanol–water partition coefficient (Wildman–Crippen LogP) is 4.95. The van der Waals surface area contributed by atoms with Crippen LogP contribution < -0.4 is 24.3 Å². The van der Waals surface area contributed by atoms with Gasteiger partial charge in [0.25, 0.3) is 0 Å². The monoisotopic (exact) mass is 417 g/mol. The normalized spacial score (nSPS) is 13.1. The minimum atomic E-state index is -0.278. The molecule has 154 valence electrons. The van der Waals surface area contributed by atoms with Crippen molar-refractivity contribution in [3.8, 4) is 23.0 Å². The van der Waals surface area contributed by atoms with E-state index in [-0.39, 0.29) is 5.91 Å². The standard InChI is InChI=1S/C22H24ClNO5/c1-3-26-18-8-7-16(14-19(18)27-4-2)24-21(25)9-6-15-12-17(23)22-20(13-15)28-10-5-11-29-22/h6-9,12-14H,3-5,10-11H2,1-2H3,(H,24,25)/b9-6+. The lowest BCUT2D eigenvalue weighted by molar-refractivity contribution is -0.111. The Balaban J connectivity index is 1.70. The van der Waals surface area contributed by atoms with E-state index < -0.39 is 0 Å². The number of amides is 1. The number of benzene rings is 2. The molecule has 0 bridgehead atoms. The maximum Gasteiger partial charge on any atom is 0.248 e. The van der Waals surface area contributed by atoms with Crippen molar-refractivity contribution < 1.29 is 23.7 Å². The summed E-state index contributed by atoms with van der Waals surface area (Å²) in [6, 6.07) is 8.83. The van der Waals surface area contributed by atoms with Gasteiger partial charge in [0.2, 0.25) is 5.91 Å². The fraction of sp³-hybridized carbons (Fsp3) is 0.318. The van der Waals surface area contributed by atoms with Crippen LogP contribution in [0.1, 0.15) is 25.8 Å². The van der Waals surface area contributed by atoms with Gasteiger partial charge in [-0.1, -0.05) is 11.6 Å². The molecule has 29 heavy (non-hydrogen) atoms. The summed E-state index contributed by atoms with van der Waals surface area (Å²) >= 11 is 6.29. The third-order valence-corrected chi connectivity index (χ3v) is 4.34. The Bertz CT molecular complexity index is 897. The molecule has 2 aromatic carbocycles. The molecular formula is C22H24ClNO5. The fourth-order valence-electron chi connectivity index (χ4n) is 2.83. The molecule has 0 saturated heterocycles. The number of carbonyl (C=O) groups excluding carboxylic acids is 1. The van der Waals surface area contributed by atoms with E-state index in [1.165, 1.54) is 6.08 Å². The molecule has 1 aliphatic heterocycles. The van der Waals surface area contributed by atoms with E-state index in [1.807, 2.05) is 13.8 Å². The number of halogens is 1. The highest BCUT2D eigenvalue weighted by molar-refractivity contribution is 6.32. The number of fused-ring (bicyclic) bond motifs is 1. The van der Waals surface area contributed by atoms with Crippen LogP contribution in [-0.4, -0.2) is 32.3 Å². The summed E-state index contributed by atoms with van der Waals surface area (Å²) < 4.78 is 22.4. The van der Waals surface area contributed by atoms with E-state index in [2.05, 4.69) is 5.32 Å². The molecule has 1 amide bonds. The van der Waals surface area contributed by atoms with Crippen LogP contribution in [-0.2, 0) is 4.79 Å². The maximum absolute atomic E-state index is 12.3. The van der Waals surface area contributed by atoms with Crippen LogP contribution in [0.3, 0.4) is 0 Å². The van der Waals surface area contributed by atoms with Crippen LogP contribution in [0.25, 0.3) is 6.08 Å². The number of hydrogen-bond donors (Lipinski definition) is 1. The van der Waals surface area contributed by atoms with Crippen molar-refractivity contribution in [2.75, 3.05) is 31.7 Å². The Morgan fingerprint density at radius 2 is 1.86 bits per heavy atom. The fourth-order valence-corrected chi connectivity index (χ4v) is 3.11. The highest BCUT2D eigenvalue weighted by Crippen LogP contribution is 2.38. The highest BCUT2D eigenvalue weighted by Gasteiger charge is 2.15. The van der Waals surface area contributed by atoms with Crippen LogP contribution in [0.4, 0.5) is 5.69 Å². The van der Waals surface area contributed by atoms with Crippen molar-refractivity contribution in [2.24, 2.45) is 0 Å². The van der Waals surface area contributed by atoms with E-state index in [0.717, 1.165) is 12.0 Å². The summed E-state index contributed by atoms with van der Waals surface area (Å²) in [7, 11) is 0. The van der Waals surface area contributed by atoms with Crippen molar-refractivity contribution in [2.45, 2.75) is 20.3 Å². The first-order chi connectivity index (χ1) is 14.1. The summed E-state index contributed by atoms with van der Waals surface area (Å²) in [4.78, 5) is 12.3. The van der Waals surface area contributed by atoms with Crippen molar-refractivity contribution >= 4 is 29.3 Å². The number of nitrogens with one attached hydrogen (secondary N) is 1. The number of hydrogen-bond acceptors (Lipinski definition) is 5. The van der Waals surface area contributed by atoms with E-state index in [9.17, 15) is 4.79 Å². The number of rotatable bonds is 7. The Hall–Kier alpha value is -2.86. The largest absolute Gasteiger partial charge is 0.490 e. The van der Waals surface area contributed by atoms with Crippen LogP contribution in [0.5, 0.6) is 23.0 Å². The SMILES string of the molecule is CCOc1ccc(NC(=O)/C=C/c2cc(Cl)c3c(c2)OCCCO3)cc1OCC. The number of ether oxygens (including phenoxy) is 4. The summed E-state index contributed by atoms with van der Waals surface area (Å²) in [5, 5.41) is 3.27. The molecule has 0 saturated carbocycles. The Morgan fingerprint density at radius 3 is 2.66 bits per heavy atom. The molecule has 6 nitrogen and oxygen atoms in total. The van der Waals surface area contributed by atoms with Crippen LogP contribution in [0.2, 0.25) is 5.02 Å². The van der Waals surface area contributed by atoms with Crippen molar-refractivity contribution in [3.63, 3.8) is 0 Å². The Morgan fingerprint density at radius 1 is 1.10 bits per heavy atom. The van der Waals surface area contributed by atoms with Crippen molar-refractivity contribution in [3.05, 3.63) is 47.0 Å². The van der Waals surface area contributed by atoms with Crippen LogP contribution in [0.15, 0.2) is 36.4 Å². The van der Waals surface area contributed by atoms with E-state index >= 15 is 0 Å². The smallest absolute Gasteiger partial charge is 0.248 e. The molecule has 1 N–H and O–H groups in total. The second-order valence-corrected chi connectivity index (χ2v) is 6.64.